The van der Waals surface area contributed by atoms with Gasteiger partial charge in [-0.05, 0) is 12.5 Å². The minimum Gasteiger partial charge on any atom is -0.389 e. The van der Waals surface area contributed by atoms with Crippen molar-refractivity contribution in [2.24, 2.45) is 0 Å². The van der Waals surface area contributed by atoms with Gasteiger partial charge in [-0.15, -0.1) is 11.3 Å². The van der Waals surface area contributed by atoms with Gasteiger partial charge in [0, 0.05) is 6.42 Å². The molecule has 0 radical (unpaired) electrons. The smallest absolute Gasteiger partial charge is 0.110 e. The lowest BCUT2D eigenvalue weighted by atomic mass is 10.1. The SMILES string of the molecule is Cc1nc(Cc2ccccc2)c(N)s1. The predicted octanol–water partition coefficient (Wildman–Crippen LogP) is 2.62. The second-order valence-corrected chi connectivity index (χ2v) is 4.44. The molecule has 0 amide bonds. The molecule has 0 saturated carbocycles. The number of rotatable bonds is 2. The van der Waals surface area contributed by atoms with E-state index in [-0.39, 0.29) is 0 Å². The highest BCUT2D eigenvalue weighted by Crippen LogP contribution is 2.22. The highest BCUT2D eigenvalue weighted by atomic mass is 32.1. The second kappa shape index (κ2) is 3.80. The molecule has 0 spiro atoms. The first kappa shape index (κ1) is 9.21. The Morgan fingerprint density at radius 1 is 1.29 bits per heavy atom. The van der Waals surface area contributed by atoms with E-state index in [9.17, 15) is 0 Å². The number of nitrogens with two attached hydrogens (primary N) is 1. The molecule has 1 heterocycles. The molecule has 2 nitrogen and oxygen atoms in total. The third-order valence-corrected chi connectivity index (χ3v) is 2.89. The van der Waals surface area contributed by atoms with E-state index in [1.165, 1.54) is 5.56 Å². The lowest BCUT2D eigenvalue weighted by molar-refractivity contribution is 1.09. The molecule has 72 valence electrons. The van der Waals surface area contributed by atoms with Crippen LogP contribution in [0.3, 0.4) is 0 Å². The summed E-state index contributed by atoms with van der Waals surface area (Å²) in [5.74, 6) is 0. The van der Waals surface area contributed by atoms with Crippen molar-refractivity contribution < 1.29 is 0 Å². The average Bonchev–Trinajstić information content (AvgIpc) is 2.47. The maximum atomic E-state index is 5.85. The topological polar surface area (TPSA) is 38.9 Å². The number of nitrogen functional groups attached to an aromatic ring is 1. The number of thiazole rings is 1. The molecular formula is C11H12N2S. The Kier molecular flexibility index (Phi) is 2.50. The zero-order valence-corrected chi connectivity index (χ0v) is 8.84. The van der Waals surface area contributed by atoms with Gasteiger partial charge in [0.15, 0.2) is 0 Å². The summed E-state index contributed by atoms with van der Waals surface area (Å²) >= 11 is 1.56. The fraction of sp³-hybridized carbons (Fsp3) is 0.182. The van der Waals surface area contributed by atoms with Crippen molar-refractivity contribution in [2.45, 2.75) is 13.3 Å². The number of benzene rings is 1. The van der Waals surface area contributed by atoms with Crippen molar-refractivity contribution in [1.29, 1.82) is 0 Å². The van der Waals surface area contributed by atoms with Gasteiger partial charge in [-0.3, -0.25) is 0 Å². The number of aromatic nitrogens is 1. The van der Waals surface area contributed by atoms with Crippen LogP contribution in [0.15, 0.2) is 30.3 Å². The first-order chi connectivity index (χ1) is 6.75. The average molecular weight is 204 g/mol. The van der Waals surface area contributed by atoms with Gasteiger partial charge in [0.1, 0.15) is 5.00 Å². The standard InChI is InChI=1S/C11H12N2S/c1-8-13-10(11(12)14-8)7-9-5-3-2-4-6-9/h2-6H,7,12H2,1H3. The first-order valence-electron chi connectivity index (χ1n) is 4.51. The normalized spacial score (nSPS) is 10.4. The minimum absolute atomic E-state index is 0.830. The molecule has 0 aliphatic heterocycles. The quantitative estimate of drug-likeness (QED) is 0.816. The lowest BCUT2D eigenvalue weighted by Crippen LogP contribution is -1.92. The Bertz CT molecular complexity index is 420. The van der Waals surface area contributed by atoms with E-state index < -0.39 is 0 Å². The highest BCUT2D eigenvalue weighted by molar-refractivity contribution is 7.15. The maximum absolute atomic E-state index is 5.85. The fourth-order valence-corrected chi connectivity index (χ4v) is 2.11. The maximum Gasteiger partial charge on any atom is 0.110 e. The zero-order valence-electron chi connectivity index (χ0n) is 8.03. The van der Waals surface area contributed by atoms with Gasteiger partial charge in [-0.25, -0.2) is 4.98 Å². The van der Waals surface area contributed by atoms with E-state index in [4.69, 9.17) is 5.73 Å². The van der Waals surface area contributed by atoms with Crippen molar-refractivity contribution in [3.8, 4) is 0 Å². The summed E-state index contributed by atoms with van der Waals surface area (Å²) in [5, 5.41) is 1.87. The van der Waals surface area contributed by atoms with E-state index in [1.807, 2.05) is 25.1 Å². The molecule has 0 unspecified atom stereocenters. The Balaban J connectivity index is 2.23. The van der Waals surface area contributed by atoms with E-state index in [2.05, 4.69) is 17.1 Å². The molecule has 2 aromatic rings. The van der Waals surface area contributed by atoms with Crippen molar-refractivity contribution in [2.75, 3.05) is 5.73 Å². The molecule has 0 aliphatic rings. The number of hydrogen-bond donors (Lipinski definition) is 1. The summed E-state index contributed by atoms with van der Waals surface area (Å²) in [6, 6.07) is 10.3. The Morgan fingerprint density at radius 3 is 2.57 bits per heavy atom. The van der Waals surface area contributed by atoms with Crippen LogP contribution < -0.4 is 5.73 Å². The van der Waals surface area contributed by atoms with E-state index in [1.54, 1.807) is 11.3 Å². The molecule has 0 saturated heterocycles. The lowest BCUT2D eigenvalue weighted by Gasteiger charge is -1.98. The fourth-order valence-electron chi connectivity index (χ4n) is 1.40. The Hall–Kier alpha value is -1.35. The molecule has 1 aromatic carbocycles. The third-order valence-electron chi connectivity index (χ3n) is 2.05. The summed E-state index contributed by atoms with van der Waals surface area (Å²) in [4.78, 5) is 4.40. The van der Waals surface area contributed by atoms with Crippen LogP contribution in [0.1, 0.15) is 16.3 Å². The van der Waals surface area contributed by atoms with Crippen LogP contribution in [0, 0.1) is 6.92 Å². The molecule has 1 aromatic heterocycles. The van der Waals surface area contributed by atoms with E-state index in [0.717, 1.165) is 22.1 Å². The summed E-state index contributed by atoms with van der Waals surface area (Å²) < 4.78 is 0. The molecule has 2 N–H and O–H groups in total. The summed E-state index contributed by atoms with van der Waals surface area (Å²) in [5.41, 5.74) is 8.10. The summed E-state index contributed by atoms with van der Waals surface area (Å²) in [7, 11) is 0. The van der Waals surface area contributed by atoms with Gasteiger partial charge >= 0.3 is 0 Å². The zero-order chi connectivity index (χ0) is 9.97. The molecule has 3 heteroatoms. The van der Waals surface area contributed by atoms with Gasteiger partial charge in [0.2, 0.25) is 0 Å². The predicted molar refractivity (Wildman–Crippen MR) is 60.5 cm³/mol. The van der Waals surface area contributed by atoms with Crippen LogP contribution in [0.25, 0.3) is 0 Å². The number of hydrogen-bond acceptors (Lipinski definition) is 3. The van der Waals surface area contributed by atoms with Crippen molar-refractivity contribution in [3.63, 3.8) is 0 Å². The van der Waals surface area contributed by atoms with Gasteiger partial charge in [0.25, 0.3) is 0 Å². The van der Waals surface area contributed by atoms with Gasteiger partial charge < -0.3 is 5.73 Å². The summed E-state index contributed by atoms with van der Waals surface area (Å²) in [6.07, 6.45) is 0.830. The molecular weight excluding hydrogens is 192 g/mol. The number of anilines is 1. The second-order valence-electron chi connectivity index (χ2n) is 3.21. The molecule has 0 fully saturated rings. The Labute approximate surface area is 87.4 Å². The molecule has 0 bridgehead atoms. The van der Waals surface area contributed by atoms with Crippen molar-refractivity contribution in [1.82, 2.24) is 4.98 Å². The summed E-state index contributed by atoms with van der Waals surface area (Å²) in [6.45, 7) is 1.98. The number of aryl methyl sites for hydroxylation is 1. The van der Waals surface area contributed by atoms with Crippen LogP contribution >= 0.6 is 11.3 Å². The van der Waals surface area contributed by atoms with Gasteiger partial charge in [-0.2, -0.15) is 0 Å². The van der Waals surface area contributed by atoms with Crippen LogP contribution in [-0.2, 0) is 6.42 Å². The van der Waals surface area contributed by atoms with E-state index in [0.29, 0.717) is 0 Å². The molecule has 0 atom stereocenters. The first-order valence-corrected chi connectivity index (χ1v) is 5.33. The van der Waals surface area contributed by atoms with E-state index >= 15 is 0 Å². The van der Waals surface area contributed by atoms with Crippen LogP contribution in [-0.4, -0.2) is 4.98 Å². The highest BCUT2D eigenvalue weighted by Gasteiger charge is 2.05. The van der Waals surface area contributed by atoms with Crippen molar-refractivity contribution >= 4 is 16.3 Å². The number of nitrogens with zero attached hydrogens (tertiary/aromatic N) is 1. The van der Waals surface area contributed by atoms with Crippen LogP contribution in [0.4, 0.5) is 5.00 Å². The monoisotopic (exact) mass is 204 g/mol. The third kappa shape index (κ3) is 1.93. The largest absolute Gasteiger partial charge is 0.389 e. The molecule has 0 aliphatic carbocycles. The molecule has 14 heavy (non-hydrogen) atoms. The van der Waals surface area contributed by atoms with Gasteiger partial charge in [0.05, 0.1) is 10.7 Å². The Morgan fingerprint density at radius 2 is 2.00 bits per heavy atom. The van der Waals surface area contributed by atoms with Gasteiger partial charge in [-0.1, -0.05) is 30.3 Å². The molecule has 2 rings (SSSR count). The van der Waals surface area contributed by atoms with Crippen molar-refractivity contribution in [3.05, 3.63) is 46.6 Å². The van der Waals surface area contributed by atoms with Crippen LogP contribution in [0.2, 0.25) is 0 Å². The van der Waals surface area contributed by atoms with Crippen LogP contribution in [0.5, 0.6) is 0 Å². The minimum atomic E-state index is 0.830.